The second-order valence-electron chi connectivity index (χ2n) is 21.0. The standard InChI is InChI=1S/C28H33N5O.C25H34N4O/c1-27(2)16-20(17-28(3,4)32-27)33(5)26-13-11-23(30-31-26)21-14-19(10-12-25(21)34)24-15-18-8-6-7-9-22(18)29-24;1-24(2)15-19(16-25(3,4)28-24)29(5)23-13-11-21(26-27-23)20-14-18(10-12-22(20)30)17-8-6-7-9-17/h6-15,20,29,32,34H,16-17H2,1-5H3;8,10-14,19,28,30H,6-7,9,15-16H2,1-5H3. The van der Waals surface area contributed by atoms with Gasteiger partial charge in [0.25, 0.3) is 0 Å². The molecule has 5 heterocycles. The van der Waals surface area contributed by atoms with Crippen molar-refractivity contribution in [3.8, 4) is 45.3 Å². The van der Waals surface area contributed by atoms with E-state index in [9.17, 15) is 10.2 Å². The summed E-state index contributed by atoms with van der Waals surface area (Å²) in [4.78, 5) is 7.94. The fraction of sp³-hybridized carbons (Fsp3) is 0.434. The number of hydrogen-bond donors (Lipinski definition) is 5. The summed E-state index contributed by atoms with van der Waals surface area (Å²) in [7, 11) is 4.20. The second kappa shape index (κ2) is 17.3. The number of nitrogens with one attached hydrogen (secondary N) is 3. The molecule has 0 radical (unpaired) electrons. The predicted molar refractivity (Wildman–Crippen MR) is 263 cm³/mol. The molecule has 0 amide bonds. The zero-order valence-electron chi connectivity index (χ0n) is 39.4. The van der Waals surface area contributed by atoms with Crippen LogP contribution in [0, 0.1) is 0 Å². The Morgan fingerprint density at radius 1 is 0.562 bits per heavy atom. The maximum Gasteiger partial charge on any atom is 0.151 e. The van der Waals surface area contributed by atoms with Crippen LogP contribution in [-0.2, 0) is 0 Å². The van der Waals surface area contributed by atoms with Gasteiger partial charge in [0.2, 0.25) is 0 Å². The largest absolute Gasteiger partial charge is 0.507 e. The molecule has 3 aliphatic rings. The van der Waals surface area contributed by atoms with Gasteiger partial charge in [-0.25, -0.2) is 0 Å². The summed E-state index contributed by atoms with van der Waals surface area (Å²) in [5, 5.41) is 47.7. The molecule has 5 N–H and O–H groups in total. The Balaban J connectivity index is 0.000000176. The summed E-state index contributed by atoms with van der Waals surface area (Å²) >= 11 is 0. The van der Waals surface area contributed by atoms with Gasteiger partial charge >= 0.3 is 0 Å². The maximum atomic E-state index is 10.6. The van der Waals surface area contributed by atoms with Crippen LogP contribution in [-0.4, -0.2) is 83.9 Å². The molecule has 11 nitrogen and oxygen atoms in total. The number of para-hydroxylation sites is 1. The molecule has 0 bridgehead atoms. The van der Waals surface area contributed by atoms with Crippen molar-refractivity contribution in [2.75, 3.05) is 23.9 Å². The normalized spacial score (nSPS) is 19.1. The van der Waals surface area contributed by atoms with Crippen LogP contribution in [0.25, 0.3) is 50.2 Å². The average molecular weight is 862 g/mol. The first-order valence-corrected chi connectivity index (χ1v) is 22.9. The summed E-state index contributed by atoms with van der Waals surface area (Å²) in [6, 6.07) is 30.4. The number of phenolic OH excluding ortho intramolecular Hbond substituents is 2. The van der Waals surface area contributed by atoms with E-state index >= 15 is 0 Å². The summed E-state index contributed by atoms with van der Waals surface area (Å²) in [5.74, 6) is 2.15. The van der Waals surface area contributed by atoms with Crippen LogP contribution in [0.3, 0.4) is 0 Å². The van der Waals surface area contributed by atoms with E-state index in [2.05, 4.69) is 140 Å². The van der Waals surface area contributed by atoms with Crippen LogP contribution in [0.4, 0.5) is 11.6 Å². The number of hydrogen-bond acceptors (Lipinski definition) is 10. The van der Waals surface area contributed by atoms with Crippen molar-refractivity contribution in [1.82, 2.24) is 36.0 Å². The van der Waals surface area contributed by atoms with Crippen molar-refractivity contribution < 1.29 is 10.2 Å². The lowest BCUT2D eigenvalue weighted by Gasteiger charge is -2.49. The van der Waals surface area contributed by atoms with Gasteiger partial charge in [0, 0.05) is 76.1 Å². The molecule has 0 atom stereocenters. The van der Waals surface area contributed by atoms with Gasteiger partial charge in [-0.2, -0.15) is 0 Å². The van der Waals surface area contributed by atoms with Crippen molar-refractivity contribution in [3.63, 3.8) is 0 Å². The number of H-pyrrole nitrogens is 1. The molecule has 3 aromatic heterocycles. The van der Waals surface area contributed by atoms with E-state index < -0.39 is 0 Å². The quantitative estimate of drug-likeness (QED) is 0.101. The van der Waals surface area contributed by atoms with Crippen molar-refractivity contribution in [3.05, 3.63) is 103 Å². The molecule has 6 aromatic rings. The summed E-state index contributed by atoms with van der Waals surface area (Å²) < 4.78 is 0. The number of rotatable bonds is 8. The number of nitrogens with zero attached hydrogens (tertiary/aromatic N) is 6. The van der Waals surface area contributed by atoms with Crippen LogP contribution < -0.4 is 20.4 Å². The highest BCUT2D eigenvalue weighted by Crippen LogP contribution is 2.38. The van der Waals surface area contributed by atoms with Gasteiger partial charge in [-0.1, -0.05) is 30.3 Å². The van der Waals surface area contributed by atoms with E-state index in [1.54, 1.807) is 12.1 Å². The average Bonchev–Trinajstić information content (AvgIpc) is 3.93. The third kappa shape index (κ3) is 10.1. The topological polar surface area (TPSA) is 138 Å². The molecule has 336 valence electrons. The van der Waals surface area contributed by atoms with Crippen LogP contribution in [0.15, 0.2) is 97.1 Å². The molecule has 0 spiro atoms. The summed E-state index contributed by atoms with van der Waals surface area (Å²) in [6.07, 6.45) is 9.90. The molecule has 64 heavy (non-hydrogen) atoms. The van der Waals surface area contributed by atoms with Crippen LogP contribution >= 0.6 is 0 Å². The smallest absolute Gasteiger partial charge is 0.151 e. The molecule has 0 unspecified atom stereocenters. The van der Waals surface area contributed by atoms with Gasteiger partial charge in [-0.05, 0) is 184 Å². The molecular weight excluding hydrogens is 795 g/mol. The molecule has 2 fully saturated rings. The van der Waals surface area contributed by atoms with Gasteiger partial charge in [0.05, 0.1) is 11.4 Å². The van der Waals surface area contributed by atoms with Crippen LogP contribution in [0.1, 0.15) is 106 Å². The highest BCUT2D eigenvalue weighted by Gasteiger charge is 2.41. The number of benzene rings is 3. The molecule has 9 rings (SSSR count). The number of piperidine rings is 2. The van der Waals surface area contributed by atoms with Gasteiger partial charge < -0.3 is 35.6 Å². The van der Waals surface area contributed by atoms with Gasteiger partial charge in [-0.15, -0.1) is 20.4 Å². The fourth-order valence-corrected chi connectivity index (χ4v) is 10.8. The summed E-state index contributed by atoms with van der Waals surface area (Å²) in [5.41, 5.74) is 8.65. The number of aromatic nitrogens is 5. The SMILES string of the molecule is CN(c1ccc(-c2cc(-c3cc4ccccc4[nH]3)ccc2O)nn1)C1CC(C)(C)NC(C)(C)C1.CN(c1ccc(-c2cc(C3=CCCC3)ccc2O)nn1)C1CC(C)(C)NC(C)(C)C1. The molecule has 1 aliphatic carbocycles. The second-order valence-corrected chi connectivity index (χ2v) is 21.0. The van der Waals surface area contributed by atoms with Gasteiger partial charge in [-0.3, -0.25) is 0 Å². The molecule has 2 saturated heterocycles. The van der Waals surface area contributed by atoms with E-state index in [0.717, 1.165) is 77.9 Å². The Morgan fingerprint density at radius 3 is 1.50 bits per heavy atom. The highest BCUT2D eigenvalue weighted by atomic mass is 16.3. The molecule has 0 saturated carbocycles. The van der Waals surface area contributed by atoms with E-state index in [1.165, 1.54) is 17.6 Å². The van der Waals surface area contributed by atoms with Crippen molar-refractivity contribution >= 4 is 28.1 Å². The highest BCUT2D eigenvalue weighted by molar-refractivity contribution is 5.87. The summed E-state index contributed by atoms with van der Waals surface area (Å²) in [6.45, 7) is 18.1. The lowest BCUT2D eigenvalue weighted by Crippen LogP contribution is -2.62. The Morgan fingerprint density at radius 2 is 1.05 bits per heavy atom. The number of phenols is 2. The lowest BCUT2D eigenvalue weighted by molar-refractivity contribution is 0.160. The van der Waals surface area contributed by atoms with E-state index in [-0.39, 0.29) is 33.7 Å². The molecule has 11 heteroatoms. The van der Waals surface area contributed by atoms with E-state index in [4.69, 9.17) is 0 Å². The maximum absolute atomic E-state index is 10.6. The Bertz CT molecular complexity index is 2560. The molecular formula is C53H67N9O2. The zero-order valence-corrected chi connectivity index (χ0v) is 39.4. The molecule has 3 aromatic carbocycles. The first-order chi connectivity index (χ1) is 30.2. The lowest BCUT2D eigenvalue weighted by atomic mass is 9.79. The number of allylic oxidation sites excluding steroid dienone is 2. The predicted octanol–water partition coefficient (Wildman–Crippen LogP) is 10.9. The third-order valence-electron chi connectivity index (χ3n) is 13.3. The van der Waals surface area contributed by atoms with Gasteiger partial charge in [0.15, 0.2) is 11.6 Å². The number of aromatic amines is 1. The number of fused-ring (bicyclic) bond motifs is 1. The first kappa shape index (κ1) is 44.8. The monoisotopic (exact) mass is 862 g/mol. The Kier molecular flexibility index (Phi) is 12.1. The van der Waals surface area contributed by atoms with Gasteiger partial charge in [0.1, 0.15) is 11.5 Å². The Labute approximate surface area is 379 Å². The zero-order chi connectivity index (χ0) is 45.6. The van der Waals surface area contributed by atoms with E-state index in [0.29, 0.717) is 29.0 Å². The fourth-order valence-electron chi connectivity index (χ4n) is 10.8. The van der Waals surface area contributed by atoms with Crippen LogP contribution in [0.2, 0.25) is 0 Å². The number of aromatic hydroxyl groups is 2. The first-order valence-electron chi connectivity index (χ1n) is 22.9. The number of anilines is 2. The minimum atomic E-state index is 0.0584. The third-order valence-corrected chi connectivity index (χ3v) is 13.3. The van der Waals surface area contributed by atoms with Crippen molar-refractivity contribution in [2.45, 2.75) is 135 Å². The minimum absolute atomic E-state index is 0.0584. The van der Waals surface area contributed by atoms with Crippen LogP contribution in [0.5, 0.6) is 11.5 Å². The minimum Gasteiger partial charge on any atom is -0.507 e. The van der Waals surface area contributed by atoms with E-state index in [1.807, 2.05) is 60.7 Å². The Hall–Kier alpha value is -5.78. The van der Waals surface area contributed by atoms with Crippen molar-refractivity contribution in [2.24, 2.45) is 0 Å². The molecule has 2 aliphatic heterocycles. The van der Waals surface area contributed by atoms with Crippen molar-refractivity contribution in [1.29, 1.82) is 0 Å².